The highest BCUT2D eigenvalue weighted by molar-refractivity contribution is 14.0. The Hall–Kier alpha value is -1.38. The lowest BCUT2D eigenvalue weighted by atomic mass is 10.1. The molecule has 2 rings (SSSR count). The van der Waals surface area contributed by atoms with Crippen LogP contribution in [0.25, 0.3) is 0 Å². The zero-order chi connectivity index (χ0) is 17.2. The maximum absolute atomic E-state index is 12.9. The quantitative estimate of drug-likeness (QED) is 0.229. The van der Waals surface area contributed by atoms with Crippen molar-refractivity contribution in [2.24, 2.45) is 4.99 Å². The van der Waals surface area contributed by atoms with Crippen molar-refractivity contribution in [1.29, 1.82) is 0 Å². The van der Waals surface area contributed by atoms with Gasteiger partial charge in [0.05, 0.1) is 0 Å². The highest BCUT2D eigenvalue weighted by Crippen LogP contribution is 2.18. The Labute approximate surface area is 166 Å². The van der Waals surface area contributed by atoms with Crippen LogP contribution in [-0.2, 0) is 11.2 Å². The van der Waals surface area contributed by atoms with Gasteiger partial charge in [-0.25, -0.2) is 4.39 Å². The number of amides is 1. The molecule has 1 fully saturated rings. The van der Waals surface area contributed by atoms with Crippen molar-refractivity contribution in [3.8, 4) is 0 Å². The number of hydrogen-bond donors (Lipinski definition) is 3. The van der Waals surface area contributed by atoms with E-state index in [0.29, 0.717) is 19.0 Å². The monoisotopic (exact) mass is 462 g/mol. The maximum Gasteiger partial charge on any atom is 0.220 e. The number of carbonyl (C=O) groups excluding carboxylic acids is 1. The minimum absolute atomic E-state index is 0. The van der Waals surface area contributed by atoms with Crippen LogP contribution in [0.15, 0.2) is 29.3 Å². The lowest BCUT2D eigenvalue weighted by Gasteiger charge is -2.11. The van der Waals surface area contributed by atoms with E-state index in [9.17, 15) is 9.18 Å². The molecule has 0 spiro atoms. The predicted octanol–water partition coefficient (Wildman–Crippen LogP) is 2.60. The Kier molecular flexibility index (Phi) is 10.4. The fourth-order valence-electron chi connectivity index (χ4n) is 2.28. The number of halogens is 2. The summed E-state index contributed by atoms with van der Waals surface area (Å²) in [6.07, 6.45) is 4.30. The summed E-state index contributed by atoms with van der Waals surface area (Å²) in [6.45, 7) is 4.13. The first kappa shape index (κ1) is 21.7. The van der Waals surface area contributed by atoms with Crippen LogP contribution in [0.5, 0.6) is 0 Å². The second-order valence-electron chi connectivity index (χ2n) is 6.01. The van der Waals surface area contributed by atoms with Gasteiger partial charge in [0.1, 0.15) is 5.82 Å². The predicted molar refractivity (Wildman–Crippen MR) is 110 cm³/mol. The van der Waals surface area contributed by atoms with Gasteiger partial charge in [0, 0.05) is 32.1 Å². The molecule has 1 amide bonds. The van der Waals surface area contributed by atoms with Gasteiger partial charge in [0.25, 0.3) is 0 Å². The van der Waals surface area contributed by atoms with Crippen molar-refractivity contribution in [1.82, 2.24) is 16.0 Å². The van der Waals surface area contributed by atoms with Gasteiger partial charge in [-0.2, -0.15) is 0 Å². The molecule has 0 bridgehead atoms. The largest absolute Gasteiger partial charge is 0.357 e. The minimum atomic E-state index is -0.215. The molecule has 5 nitrogen and oxygen atoms in total. The molecule has 1 aromatic carbocycles. The van der Waals surface area contributed by atoms with Crippen molar-refractivity contribution in [3.05, 3.63) is 35.6 Å². The zero-order valence-electron chi connectivity index (χ0n) is 14.7. The molecule has 140 valence electrons. The summed E-state index contributed by atoms with van der Waals surface area (Å²) in [5.41, 5.74) is 1.08. The molecule has 0 heterocycles. The molecule has 0 aromatic heterocycles. The van der Waals surface area contributed by atoms with Gasteiger partial charge < -0.3 is 16.0 Å². The molecule has 1 aromatic rings. The lowest BCUT2D eigenvalue weighted by Crippen LogP contribution is -2.38. The number of rotatable bonds is 9. The van der Waals surface area contributed by atoms with Gasteiger partial charge >= 0.3 is 0 Å². The summed E-state index contributed by atoms with van der Waals surface area (Å²) in [5, 5.41) is 9.42. The van der Waals surface area contributed by atoms with Gasteiger partial charge in [0.15, 0.2) is 5.96 Å². The highest BCUT2D eigenvalue weighted by Gasteiger charge is 2.22. The molecular weight excluding hydrogens is 434 g/mol. The molecule has 0 saturated heterocycles. The summed E-state index contributed by atoms with van der Waals surface area (Å²) in [6, 6.07) is 6.95. The number of nitrogens with one attached hydrogen (secondary N) is 3. The molecule has 0 aliphatic heterocycles. The molecule has 0 radical (unpaired) electrons. The first-order chi connectivity index (χ1) is 11.7. The van der Waals surface area contributed by atoms with E-state index < -0.39 is 0 Å². The highest BCUT2D eigenvalue weighted by atomic mass is 127. The van der Waals surface area contributed by atoms with Crippen LogP contribution in [0.4, 0.5) is 4.39 Å². The van der Waals surface area contributed by atoms with E-state index in [1.807, 2.05) is 6.92 Å². The summed E-state index contributed by atoms with van der Waals surface area (Å²) < 4.78 is 12.9. The molecule has 25 heavy (non-hydrogen) atoms. The van der Waals surface area contributed by atoms with Gasteiger partial charge in [-0.3, -0.25) is 9.79 Å². The van der Waals surface area contributed by atoms with Crippen molar-refractivity contribution in [2.45, 2.75) is 45.1 Å². The molecule has 1 aliphatic carbocycles. The first-order valence-electron chi connectivity index (χ1n) is 8.73. The van der Waals surface area contributed by atoms with E-state index in [4.69, 9.17) is 0 Å². The third-order valence-corrected chi connectivity index (χ3v) is 3.74. The van der Waals surface area contributed by atoms with E-state index in [1.165, 1.54) is 12.1 Å². The number of carbonyl (C=O) groups is 1. The molecule has 7 heteroatoms. The van der Waals surface area contributed by atoms with Crippen LogP contribution in [0.3, 0.4) is 0 Å². The van der Waals surface area contributed by atoms with Gasteiger partial charge in [-0.1, -0.05) is 12.1 Å². The zero-order valence-corrected chi connectivity index (χ0v) is 17.0. The van der Waals surface area contributed by atoms with E-state index in [-0.39, 0.29) is 35.7 Å². The Morgan fingerprint density at radius 2 is 1.96 bits per heavy atom. The summed E-state index contributed by atoms with van der Waals surface area (Å²) >= 11 is 0. The SMILES string of the molecule is CCNC(=NCCCC(=O)NC1CC1)NCCc1ccc(F)cc1.I. The summed E-state index contributed by atoms with van der Waals surface area (Å²) in [4.78, 5) is 16.1. The van der Waals surface area contributed by atoms with Crippen LogP contribution < -0.4 is 16.0 Å². The van der Waals surface area contributed by atoms with Crippen molar-refractivity contribution < 1.29 is 9.18 Å². The van der Waals surface area contributed by atoms with E-state index >= 15 is 0 Å². The second-order valence-corrected chi connectivity index (χ2v) is 6.01. The molecule has 1 saturated carbocycles. The second kappa shape index (κ2) is 12.1. The van der Waals surface area contributed by atoms with Gasteiger partial charge in [0.2, 0.25) is 5.91 Å². The van der Waals surface area contributed by atoms with Gasteiger partial charge in [-0.15, -0.1) is 24.0 Å². The lowest BCUT2D eigenvalue weighted by molar-refractivity contribution is -0.121. The Morgan fingerprint density at radius 1 is 1.24 bits per heavy atom. The normalized spacial score (nSPS) is 13.8. The average Bonchev–Trinajstić information content (AvgIpc) is 3.37. The van der Waals surface area contributed by atoms with Crippen molar-refractivity contribution in [2.75, 3.05) is 19.6 Å². The van der Waals surface area contributed by atoms with E-state index in [1.54, 1.807) is 12.1 Å². The fourth-order valence-corrected chi connectivity index (χ4v) is 2.28. The van der Waals surface area contributed by atoms with Crippen molar-refractivity contribution >= 4 is 35.8 Å². The molecule has 0 unspecified atom stereocenters. The van der Waals surface area contributed by atoms with Gasteiger partial charge in [-0.05, 0) is 50.3 Å². The van der Waals surface area contributed by atoms with E-state index in [2.05, 4.69) is 20.9 Å². The Balaban J connectivity index is 0.00000312. The minimum Gasteiger partial charge on any atom is -0.357 e. The molecule has 0 atom stereocenters. The third kappa shape index (κ3) is 9.62. The molecule has 1 aliphatic rings. The van der Waals surface area contributed by atoms with Crippen LogP contribution >= 0.6 is 24.0 Å². The third-order valence-electron chi connectivity index (χ3n) is 3.74. The number of hydrogen-bond acceptors (Lipinski definition) is 2. The molecule has 3 N–H and O–H groups in total. The van der Waals surface area contributed by atoms with Crippen LogP contribution in [0.2, 0.25) is 0 Å². The van der Waals surface area contributed by atoms with Crippen molar-refractivity contribution in [3.63, 3.8) is 0 Å². The molecular formula is C18H28FIN4O. The maximum atomic E-state index is 12.9. The summed E-state index contributed by atoms with van der Waals surface area (Å²) in [7, 11) is 0. The first-order valence-corrected chi connectivity index (χ1v) is 8.73. The Morgan fingerprint density at radius 3 is 2.60 bits per heavy atom. The fraction of sp³-hybridized carbons (Fsp3) is 0.556. The number of nitrogens with zero attached hydrogens (tertiary/aromatic N) is 1. The number of benzene rings is 1. The van der Waals surface area contributed by atoms with Crippen LogP contribution in [0, 0.1) is 5.82 Å². The smallest absolute Gasteiger partial charge is 0.220 e. The summed E-state index contributed by atoms with van der Waals surface area (Å²) in [5.74, 6) is 0.663. The van der Waals surface area contributed by atoms with Crippen LogP contribution in [-0.4, -0.2) is 37.5 Å². The Bertz CT molecular complexity index is 547. The standard InChI is InChI=1S/C18H27FN4O.HI/c1-2-20-18(21-12-3-4-17(24)23-16-9-10-16)22-13-11-14-5-7-15(19)8-6-14;/h5-8,16H,2-4,9-13H2,1H3,(H,23,24)(H2,20,21,22);1H. The number of aliphatic imine (C=N–C) groups is 1. The average molecular weight is 462 g/mol. The topological polar surface area (TPSA) is 65.5 Å². The van der Waals surface area contributed by atoms with E-state index in [0.717, 1.165) is 50.3 Å². The van der Waals surface area contributed by atoms with Crippen LogP contribution in [0.1, 0.15) is 38.2 Å². The number of guanidine groups is 1.